The van der Waals surface area contributed by atoms with Crippen LogP contribution in [-0.4, -0.2) is 40.8 Å². The van der Waals surface area contributed by atoms with Crippen molar-refractivity contribution in [2.45, 2.75) is 41.5 Å². The molecule has 0 unspecified atom stereocenters. The number of rotatable bonds is 0. The van der Waals surface area contributed by atoms with E-state index in [2.05, 4.69) is 40.8 Å². The summed E-state index contributed by atoms with van der Waals surface area (Å²) in [5.74, 6) is 0. The summed E-state index contributed by atoms with van der Waals surface area (Å²) < 4.78 is 0. The summed E-state index contributed by atoms with van der Waals surface area (Å²) in [5.41, 5.74) is 7.03. The lowest BCUT2D eigenvalue weighted by atomic mass is 10.3. The van der Waals surface area contributed by atoms with E-state index < -0.39 is 0 Å². The van der Waals surface area contributed by atoms with Crippen molar-refractivity contribution in [2.75, 3.05) is 0 Å². The minimum absolute atomic E-state index is 1.11. The lowest BCUT2D eigenvalue weighted by Crippen LogP contribution is -1.70. The minimum atomic E-state index is 1.11. The van der Waals surface area contributed by atoms with Gasteiger partial charge in [-0.25, -0.2) is 0 Å². The van der Waals surface area contributed by atoms with Gasteiger partial charge in [0.2, 0.25) is 0 Å². The molecule has 140 valence electrons. The first-order valence-corrected chi connectivity index (χ1v) is 8.24. The highest BCUT2D eigenvalue weighted by molar-refractivity contribution is 5.11. The molecule has 4 aromatic rings. The van der Waals surface area contributed by atoms with Gasteiger partial charge in [0.05, 0.1) is 18.6 Å². The number of aromatic amines is 4. The van der Waals surface area contributed by atoms with Gasteiger partial charge in [-0.3, -0.25) is 20.4 Å². The van der Waals surface area contributed by atoms with Crippen LogP contribution in [0.1, 0.15) is 33.8 Å². The van der Waals surface area contributed by atoms with Crippen LogP contribution < -0.4 is 0 Å². The highest BCUT2D eigenvalue weighted by atomic mass is 15.1. The second-order valence-corrected chi connectivity index (χ2v) is 5.87. The fourth-order valence-electron chi connectivity index (χ4n) is 1.46. The van der Waals surface area contributed by atoms with Gasteiger partial charge in [-0.2, -0.15) is 20.4 Å². The molecule has 0 aromatic carbocycles. The second kappa shape index (κ2) is 11.4. The lowest BCUT2D eigenvalue weighted by molar-refractivity contribution is 1.04. The van der Waals surface area contributed by atoms with Crippen LogP contribution in [0, 0.1) is 41.5 Å². The summed E-state index contributed by atoms with van der Waals surface area (Å²) in [7, 11) is 0. The fourth-order valence-corrected chi connectivity index (χ4v) is 1.46. The molecule has 26 heavy (non-hydrogen) atoms. The number of hydrogen-bond donors (Lipinski definition) is 4. The van der Waals surface area contributed by atoms with Crippen molar-refractivity contribution >= 4 is 0 Å². The van der Waals surface area contributed by atoms with E-state index in [1.807, 2.05) is 66.2 Å². The standard InChI is InChI=1S/2C5H8N2.2C4H6N2/c2*1-4-3-6-7-5(4)2;1-4-2-5-6-3-4;1-4-2-3-5-6-4/h2*3H,1-2H3,(H,6,7);2*2-3H,1H3,(H,5,6). The molecule has 0 saturated carbocycles. The van der Waals surface area contributed by atoms with Gasteiger partial charge in [-0.1, -0.05) is 0 Å². The van der Waals surface area contributed by atoms with Crippen molar-refractivity contribution in [3.63, 3.8) is 0 Å². The van der Waals surface area contributed by atoms with Crippen molar-refractivity contribution < 1.29 is 0 Å². The molecule has 0 atom stereocenters. The molecule has 4 heterocycles. The third-order valence-electron chi connectivity index (χ3n) is 3.44. The second-order valence-electron chi connectivity index (χ2n) is 5.87. The first kappa shape index (κ1) is 20.9. The average molecular weight is 356 g/mol. The first-order chi connectivity index (χ1) is 12.4. The van der Waals surface area contributed by atoms with Gasteiger partial charge in [0, 0.05) is 29.5 Å². The van der Waals surface area contributed by atoms with E-state index in [-0.39, 0.29) is 0 Å². The molecule has 0 radical (unpaired) electrons. The zero-order valence-electron chi connectivity index (χ0n) is 16.3. The zero-order valence-corrected chi connectivity index (χ0v) is 16.3. The smallest absolute Gasteiger partial charge is 0.0519 e. The Labute approximate surface area is 153 Å². The highest BCUT2D eigenvalue weighted by Crippen LogP contribution is 1.97. The number of nitrogens with zero attached hydrogens (tertiary/aromatic N) is 4. The molecule has 0 spiro atoms. The molecule has 4 N–H and O–H groups in total. The SMILES string of the molecule is Cc1ccn[nH]1.Cc1cn[nH]c1.Cc1cn[nH]c1C.Cc1cn[nH]c1C. The molecule has 4 rings (SSSR count). The molecule has 8 nitrogen and oxygen atoms in total. The van der Waals surface area contributed by atoms with Crippen LogP contribution in [0.3, 0.4) is 0 Å². The Morgan fingerprint density at radius 2 is 1.23 bits per heavy atom. The van der Waals surface area contributed by atoms with Crippen LogP contribution in [-0.2, 0) is 0 Å². The Morgan fingerprint density at radius 1 is 0.654 bits per heavy atom. The Hall–Kier alpha value is -3.16. The summed E-state index contributed by atoms with van der Waals surface area (Å²) >= 11 is 0. The van der Waals surface area contributed by atoms with Crippen LogP contribution in [0.15, 0.2) is 37.1 Å². The van der Waals surface area contributed by atoms with Gasteiger partial charge in [-0.15, -0.1) is 0 Å². The first-order valence-electron chi connectivity index (χ1n) is 8.24. The maximum atomic E-state index is 3.80. The Bertz CT molecular complexity index is 706. The molecule has 0 aliphatic rings. The molecule has 0 aliphatic carbocycles. The van der Waals surface area contributed by atoms with Crippen molar-refractivity contribution in [1.29, 1.82) is 0 Å². The topological polar surface area (TPSA) is 115 Å². The van der Waals surface area contributed by atoms with E-state index in [9.17, 15) is 0 Å². The molecule has 8 heteroatoms. The third-order valence-corrected chi connectivity index (χ3v) is 3.44. The fraction of sp³-hybridized carbons (Fsp3) is 0.333. The summed E-state index contributed by atoms with van der Waals surface area (Å²) in [4.78, 5) is 0. The number of H-pyrrole nitrogens is 4. The largest absolute Gasteiger partial charge is 0.285 e. The third kappa shape index (κ3) is 8.62. The Morgan fingerprint density at radius 3 is 1.35 bits per heavy atom. The van der Waals surface area contributed by atoms with Gasteiger partial charge in [0.25, 0.3) is 0 Å². The van der Waals surface area contributed by atoms with E-state index in [4.69, 9.17) is 0 Å². The summed E-state index contributed by atoms with van der Waals surface area (Å²) in [6.45, 7) is 12.0. The molecule has 0 fully saturated rings. The summed E-state index contributed by atoms with van der Waals surface area (Å²) in [6.07, 6.45) is 8.99. The maximum absolute atomic E-state index is 3.80. The van der Waals surface area contributed by atoms with Crippen LogP contribution in [0.25, 0.3) is 0 Å². The minimum Gasteiger partial charge on any atom is -0.285 e. The number of hydrogen-bond acceptors (Lipinski definition) is 4. The Kier molecular flexibility index (Phi) is 9.16. The van der Waals surface area contributed by atoms with Gasteiger partial charge < -0.3 is 0 Å². The van der Waals surface area contributed by atoms with E-state index in [1.165, 1.54) is 16.7 Å². The van der Waals surface area contributed by atoms with Gasteiger partial charge in [0.1, 0.15) is 0 Å². The molecule has 4 aromatic heterocycles. The van der Waals surface area contributed by atoms with Gasteiger partial charge in [0.15, 0.2) is 0 Å². The predicted octanol–water partition coefficient (Wildman–Crippen LogP) is 3.49. The van der Waals surface area contributed by atoms with E-state index in [0.29, 0.717) is 0 Å². The normalized spacial score (nSPS) is 9.15. The highest BCUT2D eigenvalue weighted by Gasteiger charge is 1.87. The average Bonchev–Trinajstić information content (AvgIpc) is 3.39. The van der Waals surface area contributed by atoms with E-state index in [1.54, 1.807) is 12.4 Å². The molecule has 0 amide bonds. The molecular weight excluding hydrogens is 328 g/mol. The van der Waals surface area contributed by atoms with Gasteiger partial charge >= 0.3 is 0 Å². The van der Waals surface area contributed by atoms with Crippen LogP contribution in [0.4, 0.5) is 0 Å². The van der Waals surface area contributed by atoms with Crippen molar-refractivity contribution in [1.82, 2.24) is 40.8 Å². The van der Waals surface area contributed by atoms with E-state index in [0.717, 1.165) is 17.1 Å². The predicted molar refractivity (Wildman–Crippen MR) is 103 cm³/mol. The van der Waals surface area contributed by atoms with E-state index >= 15 is 0 Å². The zero-order chi connectivity index (χ0) is 19.4. The Balaban J connectivity index is 0.000000174. The molecular formula is C18H28N8. The van der Waals surface area contributed by atoms with Crippen LogP contribution in [0.5, 0.6) is 0 Å². The summed E-state index contributed by atoms with van der Waals surface area (Å²) in [6, 6.07) is 1.92. The quantitative estimate of drug-likeness (QED) is 0.386. The van der Waals surface area contributed by atoms with Crippen LogP contribution in [0.2, 0.25) is 0 Å². The monoisotopic (exact) mass is 356 g/mol. The maximum Gasteiger partial charge on any atom is 0.0519 e. The molecule has 0 aliphatic heterocycles. The molecule has 0 saturated heterocycles. The number of aromatic nitrogens is 8. The number of nitrogens with one attached hydrogen (secondary N) is 4. The van der Waals surface area contributed by atoms with Crippen molar-refractivity contribution in [3.05, 3.63) is 70.8 Å². The van der Waals surface area contributed by atoms with Crippen molar-refractivity contribution in [3.8, 4) is 0 Å². The lowest BCUT2D eigenvalue weighted by Gasteiger charge is -1.78. The summed E-state index contributed by atoms with van der Waals surface area (Å²) in [5, 5.41) is 26.1. The van der Waals surface area contributed by atoms with Crippen LogP contribution >= 0.6 is 0 Å². The van der Waals surface area contributed by atoms with Gasteiger partial charge in [-0.05, 0) is 64.3 Å². The number of aryl methyl sites for hydroxylation is 6. The molecule has 0 bridgehead atoms. The van der Waals surface area contributed by atoms with Crippen molar-refractivity contribution in [2.24, 2.45) is 0 Å².